The lowest BCUT2D eigenvalue weighted by Crippen LogP contribution is -2.27. The number of fused-ring (bicyclic) bond motifs is 1. The molecule has 0 radical (unpaired) electrons. The lowest BCUT2D eigenvalue weighted by molar-refractivity contribution is -0.137. The number of aliphatic carboxylic acids is 1. The lowest BCUT2D eigenvalue weighted by Gasteiger charge is -2.17. The van der Waals surface area contributed by atoms with Crippen molar-refractivity contribution in [1.82, 2.24) is 14.6 Å². The summed E-state index contributed by atoms with van der Waals surface area (Å²) < 4.78 is 41.8. The van der Waals surface area contributed by atoms with Gasteiger partial charge in [-0.2, -0.15) is 4.31 Å². The van der Waals surface area contributed by atoms with Gasteiger partial charge in [-0.05, 0) is 42.3 Å². The Bertz CT molecular complexity index is 1230. The van der Waals surface area contributed by atoms with Gasteiger partial charge in [-0.15, -0.1) is 0 Å². The van der Waals surface area contributed by atoms with Crippen LogP contribution >= 0.6 is 0 Å². The van der Waals surface area contributed by atoms with Crippen molar-refractivity contribution in [2.75, 3.05) is 13.6 Å². The highest BCUT2D eigenvalue weighted by Gasteiger charge is 2.24. The van der Waals surface area contributed by atoms with Crippen molar-refractivity contribution in [2.45, 2.75) is 19.4 Å². The van der Waals surface area contributed by atoms with Crippen molar-refractivity contribution in [1.29, 1.82) is 0 Å². The van der Waals surface area contributed by atoms with Gasteiger partial charge in [0.2, 0.25) is 17.0 Å². The predicted molar refractivity (Wildman–Crippen MR) is 121 cm³/mol. The van der Waals surface area contributed by atoms with Crippen LogP contribution in [0, 0.1) is 5.82 Å². The minimum absolute atomic E-state index is 0.0498. The molecule has 0 saturated carbocycles. The fourth-order valence-electron chi connectivity index (χ4n) is 3.32. The van der Waals surface area contributed by atoms with Crippen LogP contribution in [0.15, 0.2) is 41.3 Å². The first-order valence-electron chi connectivity index (χ1n) is 9.89. The first kappa shape index (κ1) is 24.2. The van der Waals surface area contributed by atoms with Crippen LogP contribution < -0.4 is 5.32 Å². The molecule has 1 unspecified atom stereocenters. The second-order valence-electron chi connectivity index (χ2n) is 7.06. The summed E-state index contributed by atoms with van der Waals surface area (Å²) in [7, 11) is 1.47. The van der Waals surface area contributed by atoms with Gasteiger partial charge in [0.1, 0.15) is 11.6 Å². The van der Waals surface area contributed by atoms with Crippen LogP contribution in [0.3, 0.4) is 0 Å². The van der Waals surface area contributed by atoms with Crippen molar-refractivity contribution in [3.63, 3.8) is 0 Å². The van der Waals surface area contributed by atoms with E-state index >= 15 is 0 Å². The first-order valence-corrected chi connectivity index (χ1v) is 11.0. The fraction of sp³-hybridized carbons (Fsp3) is 0.227. The molecule has 1 amide bonds. The number of carboxylic acids is 1. The van der Waals surface area contributed by atoms with Crippen LogP contribution in [-0.4, -0.2) is 48.6 Å². The Balaban J connectivity index is 2.08. The van der Waals surface area contributed by atoms with Gasteiger partial charge in [0.25, 0.3) is 5.91 Å². The van der Waals surface area contributed by atoms with Gasteiger partial charge >= 0.3 is 5.97 Å². The van der Waals surface area contributed by atoms with Crippen molar-refractivity contribution in [3.05, 3.63) is 59.5 Å². The molecular formula is C22H22FN3O6S. The van der Waals surface area contributed by atoms with Crippen LogP contribution in [0.4, 0.5) is 4.39 Å². The van der Waals surface area contributed by atoms with Crippen LogP contribution in [0.5, 0.6) is 0 Å². The molecule has 0 aliphatic heterocycles. The number of carbonyl (C=O) groups is 2. The third kappa shape index (κ3) is 5.51. The number of benzene rings is 1. The van der Waals surface area contributed by atoms with E-state index in [1.165, 1.54) is 37.4 Å². The zero-order valence-corrected chi connectivity index (χ0v) is 18.5. The number of hydrogen-bond acceptors (Lipinski definition) is 5. The summed E-state index contributed by atoms with van der Waals surface area (Å²) >= 11 is -2.37. The van der Waals surface area contributed by atoms with Crippen molar-refractivity contribution < 1.29 is 32.3 Å². The summed E-state index contributed by atoms with van der Waals surface area (Å²) in [4.78, 5) is 27.9. The highest BCUT2D eigenvalue weighted by molar-refractivity contribution is 7.76. The molecule has 0 fully saturated rings. The number of hydrogen-bond donors (Lipinski definition) is 3. The summed E-state index contributed by atoms with van der Waals surface area (Å²) in [6.45, 7) is 3.73. The topological polar surface area (TPSA) is 133 Å². The van der Waals surface area contributed by atoms with E-state index in [2.05, 4.69) is 16.9 Å². The second-order valence-corrected chi connectivity index (χ2v) is 8.04. The van der Waals surface area contributed by atoms with E-state index in [4.69, 9.17) is 9.52 Å². The molecule has 9 nitrogen and oxygen atoms in total. The number of pyridine rings is 1. The van der Waals surface area contributed by atoms with Crippen molar-refractivity contribution >= 4 is 40.3 Å². The van der Waals surface area contributed by atoms with Crippen LogP contribution in [0.25, 0.3) is 28.5 Å². The molecule has 0 bridgehead atoms. The van der Waals surface area contributed by atoms with E-state index < -0.39 is 29.0 Å². The third-order valence-electron chi connectivity index (χ3n) is 4.92. The molecule has 0 spiro atoms. The van der Waals surface area contributed by atoms with E-state index in [1.807, 2.05) is 0 Å². The second kappa shape index (κ2) is 10.5. The average Bonchev–Trinajstić information content (AvgIpc) is 3.15. The highest BCUT2D eigenvalue weighted by Crippen LogP contribution is 2.34. The van der Waals surface area contributed by atoms with Gasteiger partial charge < -0.3 is 14.8 Å². The monoisotopic (exact) mass is 475 g/mol. The quantitative estimate of drug-likeness (QED) is 0.383. The smallest absolute Gasteiger partial charge is 0.303 e. The molecular weight excluding hydrogens is 453 g/mol. The molecule has 0 saturated heterocycles. The van der Waals surface area contributed by atoms with Crippen LogP contribution in [0.1, 0.15) is 34.5 Å². The Labute approximate surface area is 191 Å². The maximum Gasteiger partial charge on any atom is 0.303 e. The molecule has 0 aliphatic rings. The normalized spacial score (nSPS) is 12.1. The number of aromatic nitrogens is 1. The first-order chi connectivity index (χ1) is 15.7. The summed E-state index contributed by atoms with van der Waals surface area (Å²) in [5.41, 5.74) is 1.67. The van der Waals surface area contributed by atoms with Crippen LogP contribution in [0.2, 0.25) is 0 Å². The number of amides is 1. The fourth-order valence-corrected chi connectivity index (χ4v) is 3.84. The number of nitrogens with zero attached hydrogens (tertiary/aromatic N) is 2. The molecule has 11 heteroatoms. The Morgan fingerprint density at radius 2 is 2.03 bits per heavy atom. The maximum absolute atomic E-state index is 13.4. The van der Waals surface area contributed by atoms with E-state index in [1.54, 1.807) is 6.07 Å². The van der Waals surface area contributed by atoms with Crippen LogP contribution in [-0.2, 0) is 22.6 Å². The van der Waals surface area contributed by atoms with Crippen molar-refractivity contribution in [3.8, 4) is 11.3 Å². The summed E-state index contributed by atoms with van der Waals surface area (Å²) in [5, 5.41) is 11.8. The number of furan rings is 1. The SMILES string of the molecule is C=Cc1cc2c(C(=O)NC)c(-c3ccc(F)cc3)oc2nc1CN(CCCC(=O)O)S(=O)O. The lowest BCUT2D eigenvalue weighted by atomic mass is 10.0. The summed E-state index contributed by atoms with van der Waals surface area (Å²) in [6, 6.07) is 7.09. The molecule has 0 aliphatic carbocycles. The zero-order valence-electron chi connectivity index (χ0n) is 17.7. The van der Waals surface area contributed by atoms with E-state index in [-0.39, 0.29) is 43.0 Å². The predicted octanol–water partition coefficient (Wildman–Crippen LogP) is 3.44. The van der Waals surface area contributed by atoms with E-state index in [9.17, 15) is 22.7 Å². The minimum atomic E-state index is -2.37. The third-order valence-corrected chi connectivity index (χ3v) is 5.67. The van der Waals surface area contributed by atoms with E-state index in [0.29, 0.717) is 22.2 Å². The Kier molecular flexibility index (Phi) is 7.69. The molecule has 2 heterocycles. The zero-order chi connectivity index (χ0) is 24.1. The van der Waals surface area contributed by atoms with Gasteiger partial charge in [-0.25, -0.2) is 13.6 Å². The Morgan fingerprint density at radius 1 is 1.33 bits per heavy atom. The Morgan fingerprint density at radius 3 is 2.61 bits per heavy atom. The molecule has 3 aromatic rings. The molecule has 3 rings (SSSR count). The van der Waals surface area contributed by atoms with Gasteiger partial charge in [-0.3, -0.25) is 14.1 Å². The number of halogens is 1. The number of carboxylic acid groups (broad SMARTS) is 1. The maximum atomic E-state index is 13.4. The molecule has 174 valence electrons. The Hall–Kier alpha value is -3.41. The summed E-state index contributed by atoms with van der Waals surface area (Å²) in [5.74, 6) is -1.67. The highest BCUT2D eigenvalue weighted by atomic mass is 32.2. The standard InChI is InChI=1S/C22H22FN3O6S/c1-3-13-11-16-19(21(29)24-2)20(14-6-8-15(23)9-7-14)32-22(16)25-17(13)12-26(33(30)31)10-4-5-18(27)28/h3,6-9,11H,1,4-5,10,12H2,2H3,(H,24,29)(H,27,28)(H,30,31). The van der Waals surface area contributed by atoms with E-state index in [0.717, 1.165) is 4.31 Å². The molecule has 2 aromatic heterocycles. The molecule has 1 aromatic carbocycles. The van der Waals surface area contributed by atoms with Crippen molar-refractivity contribution in [2.24, 2.45) is 0 Å². The van der Waals surface area contributed by atoms with Gasteiger partial charge in [0.05, 0.1) is 23.2 Å². The molecule has 33 heavy (non-hydrogen) atoms. The summed E-state index contributed by atoms with van der Waals surface area (Å²) in [6.07, 6.45) is 1.52. The number of rotatable bonds is 10. The van der Waals surface area contributed by atoms with Gasteiger partial charge in [0, 0.05) is 25.6 Å². The largest absolute Gasteiger partial charge is 0.481 e. The number of nitrogens with one attached hydrogen (secondary N) is 1. The number of carbonyl (C=O) groups excluding carboxylic acids is 1. The average molecular weight is 475 g/mol. The minimum Gasteiger partial charge on any atom is -0.481 e. The van der Waals surface area contributed by atoms with Gasteiger partial charge in [-0.1, -0.05) is 12.7 Å². The molecule has 3 N–H and O–H groups in total. The van der Waals surface area contributed by atoms with Gasteiger partial charge in [0.15, 0.2) is 0 Å². The molecule has 1 atom stereocenters.